The normalized spacial score (nSPS) is 21.8. The number of nitrogens with zero attached hydrogens (tertiary/aromatic N) is 2. The molecule has 0 bridgehead atoms. The number of thioether (sulfide) groups is 1. The molecule has 3 unspecified atom stereocenters. The van der Waals surface area contributed by atoms with E-state index in [4.69, 9.17) is 4.74 Å². The summed E-state index contributed by atoms with van der Waals surface area (Å²) in [6.45, 7) is 6.06. The maximum absolute atomic E-state index is 12.9. The maximum atomic E-state index is 12.9. The number of benzene rings is 1. The first-order chi connectivity index (χ1) is 16.0. The third-order valence-corrected chi connectivity index (χ3v) is 7.28. The molecule has 2 aliphatic rings. The molecule has 2 heterocycles. The Morgan fingerprint density at radius 2 is 2.00 bits per heavy atom. The SMILES string of the molecule is CCNC(=O)C(C#N)C1SC(CNc2cccc(NC(=O)C3CCOCC3)c2)C(=O)N1CC. The second-order valence-corrected chi connectivity index (χ2v) is 9.30. The second-order valence-electron chi connectivity index (χ2n) is 7.98. The van der Waals surface area contributed by atoms with Crippen LogP contribution in [0.25, 0.3) is 0 Å². The lowest BCUT2D eigenvalue weighted by atomic mass is 9.99. The molecule has 3 atom stereocenters. The van der Waals surface area contributed by atoms with Crippen LogP contribution < -0.4 is 16.0 Å². The molecule has 3 amide bonds. The van der Waals surface area contributed by atoms with Crippen LogP contribution in [0.1, 0.15) is 26.7 Å². The number of hydrogen-bond acceptors (Lipinski definition) is 7. The Morgan fingerprint density at radius 1 is 1.27 bits per heavy atom. The highest BCUT2D eigenvalue weighted by molar-refractivity contribution is 8.01. The largest absolute Gasteiger partial charge is 0.383 e. The minimum absolute atomic E-state index is 0.00805. The van der Waals surface area contributed by atoms with Crippen LogP contribution in [0, 0.1) is 23.2 Å². The Balaban J connectivity index is 1.60. The highest BCUT2D eigenvalue weighted by Gasteiger charge is 2.45. The predicted molar refractivity (Wildman–Crippen MR) is 127 cm³/mol. The summed E-state index contributed by atoms with van der Waals surface area (Å²) in [6, 6.07) is 9.44. The van der Waals surface area contributed by atoms with E-state index in [0.717, 1.165) is 18.5 Å². The minimum atomic E-state index is -0.924. The van der Waals surface area contributed by atoms with Gasteiger partial charge in [0.05, 0.1) is 6.07 Å². The number of anilines is 2. The molecule has 10 heteroatoms. The third-order valence-electron chi connectivity index (χ3n) is 5.78. The molecule has 178 valence electrons. The molecule has 0 aliphatic carbocycles. The van der Waals surface area contributed by atoms with Crippen molar-refractivity contribution in [2.75, 3.05) is 43.5 Å². The molecule has 0 spiro atoms. The van der Waals surface area contributed by atoms with Gasteiger partial charge in [-0.3, -0.25) is 14.4 Å². The maximum Gasteiger partial charge on any atom is 0.240 e. The lowest BCUT2D eigenvalue weighted by Crippen LogP contribution is -2.44. The van der Waals surface area contributed by atoms with E-state index in [2.05, 4.69) is 22.0 Å². The topological polar surface area (TPSA) is 124 Å². The lowest BCUT2D eigenvalue weighted by Gasteiger charge is -2.25. The molecule has 0 saturated carbocycles. The number of rotatable bonds is 9. The van der Waals surface area contributed by atoms with Crippen LogP contribution in [0.3, 0.4) is 0 Å². The van der Waals surface area contributed by atoms with Gasteiger partial charge in [0, 0.05) is 50.1 Å². The smallest absolute Gasteiger partial charge is 0.240 e. The van der Waals surface area contributed by atoms with E-state index < -0.39 is 16.5 Å². The Morgan fingerprint density at radius 3 is 2.67 bits per heavy atom. The average molecular weight is 474 g/mol. The first kappa shape index (κ1) is 24.9. The second kappa shape index (κ2) is 11.9. The summed E-state index contributed by atoms with van der Waals surface area (Å²) in [5.74, 6) is -1.42. The summed E-state index contributed by atoms with van der Waals surface area (Å²) in [4.78, 5) is 39.3. The molecule has 0 radical (unpaired) electrons. The van der Waals surface area contributed by atoms with Gasteiger partial charge in [0.25, 0.3) is 0 Å². The average Bonchev–Trinajstić information content (AvgIpc) is 3.14. The summed E-state index contributed by atoms with van der Waals surface area (Å²) < 4.78 is 5.32. The van der Waals surface area contributed by atoms with Crippen molar-refractivity contribution in [3.63, 3.8) is 0 Å². The number of carbonyl (C=O) groups excluding carboxylic acids is 3. The van der Waals surface area contributed by atoms with Crippen LogP contribution in [0.15, 0.2) is 24.3 Å². The third kappa shape index (κ3) is 6.18. The van der Waals surface area contributed by atoms with Crippen molar-refractivity contribution < 1.29 is 19.1 Å². The van der Waals surface area contributed by atoms with Crippen LogP contribution >= 0.6 is 11.8 Å². The molecular formula is C23H31N5O4S. The number of ether oxygens (including phenoxy) is 1. The summed E-state index contributed by atoms with van der Waals surface area (Å²) >= 11 is 1.34. The quantitative estimate of drug-likeness (QED) is 0.501. The van der Waals surface area contributed by atoms with Crippen molar-refractivity contribution in [2.45, 2.75) is 37.3 Å². The van der Waals surface area contributed by atoms with Gasteiger partial charge in [-0.15, -0.1) is 11.8 Å². The molecular weight excluding hydrogens is 442 g/mol. The van der Waals surface area contributed by atoms with Crippen LogP contribution in [0.4, 0.5) is 11.4 Å². The molecule has 3 rings (SSSR count). The zero-order valence-corrected chi connectivity index (χ0v) is 19.8. The number of carbonyl (C=O) groups is 3. The lowest BCUT2D eigenvalue weighted by molar-refractivity contribution is -0.131. The highest BCUT2D eigenvalue weighted by Crippen LogP contribution is 2.36. The van der Waals surface area contributed by atoms with Gasteiger partial charge >= 0.3 is 0 Å². The first-order valence-corrected chi connectivity index (χ1v) is 12.3. The van der Waals surface area contributed by atoms with Crippen molar-refractivity contribution in [2.24, 2.45) is 11.8 Å². The van der Waals surface area contributed by atoms with Crippen LogP contribution in [0.2, 0.25) is 0 Å². The fraction of sp³-hybridized carbons (Fsp3) is 0.565. The summed E-state index contributed by atoms with van der Waals surface area (Å²) in [5, 5.41) is 17.5. The van der Waals surface area contributed by atoms with E-state index in [1.54, 1.807) is 11.8 Å². The molecule has 2 aliphatic heterocycles. The fourth-order valence-corrected chi connectivity index (χ4v) is 5.51. The van der Waals surface area contributed by atoms with Crippen molar-refractivity contribution in [1.82, 2.24) is 10.2 Å². The fourth-order valence-electron chi connectivity index (χ4n) is 4.00. The molecule has 1 aromatic carbocycles. The van der Waals surface area contributed by atoms with E-state index >= 15 is 0 Å². The monoisotopic (exact) mass is 473 g/mol. The molecule has 1 aromatic rings. The van der Waals surface area contributed by atoms with Gasteiger partial charge in [-0.2, -0.15) is 5.26 Å². The van der Waals surface area contributed by atoms with Gasteiger partial charge in [0.2, 0.25) is 17.7 Å². The minimum Gasteiger partial charge on any atom is -0.383 e. The van der Waals surface area contributed by atoms with E-state index in [1.807, 2.05) is 31.2 Å². The van der Waals surface area contributed by atoms with Crippen LogP contribution in [-0.4, -0.2) is 66.1 Å². The van der Waals surface area contributed by atoms with Gasteiger partial charge in [-0.25, -0.2) is 0 Å². The standard InChI is InChI=1S/C23H31N5O4S/c1-3-25-21(30)18(13-24)23-28(4-2)22(31)19(33-23)14-26-16-6-5-7-17(12-16)27-20(29)15-8-10-32-11-9-15/h5-7,12,15,18-19,23,26H,3-4,8-11,14H2,1-2H3,(H,25,30)(H,27,29). The van der Waals surface area contributed by atoms with E-state index in [9.17, 15) is 19.6 Å². The first-order valence-electron chi connectivity index (χ1n) is 11.3. The van der Waals surface area contributed by atoms with Gasteiger partial charge in [0.1, 0.15) is 10.6 Å². The number of amides is 3. The van der Waals surface area contributed by atoms with E-state index in [0.29, 0.717) is 38.5 Å². The Kier molecular flexibility index (Phi) is 8.97. The number of nitriles is 1. The Labute approximate surface area is 198 Å². The summed E-state index contributed by atoms with van der Waals surface area (Å²) in [5.41, 5.74) is 1.47. The molecule has 3 N–H and O–H groups in total. The molecule has 33 heavy (non-hydrogen) atoms. The van der Waals surface area contributed by atoms with Gasteiger partial charge in [0.15, 0.2) is 5.92 Å². The van der Waals surface area contributed by atoms with E-state index in [1.165, 1.54) is 11.8 Å². The zero-order valence-electron chi connectivity index (χ0n) is 19.0. The highest BCUT2D eigenvalue weighted by atomic mass is 32.2. The van der Waals surface area contributed by atoms with Crippen molar-refractivity contribution in [1.29, 1.82) is 5.26 Å². The molecule has 0 aromatic heterocycles. The van der Waals surface area contributed by atoms with Crippen molar-refractivity contribution >= 4 is 40.9 Å². The molecule has 2 saturated heterocycles. The zero-order chi connectivity index (χ0) is 23.8. The van der Waals surface area contributed by atoms with Gasteiger partial charge in [-0.05, 0) is 44.9 Å². The molecule has 2 fully saturated rings. The number of hydrogen-bond donors (Lipinski definition) is 3. The van der Waals surface area contributed by atoms with Crippen LogP contribution in [-0.2, 0) is 19.1 Å². The van der Waals surface area contributed by atoms with Gasteiger partial charge in [-0.1, -0.05) is 6.07 Å². The number of nitrogens with one attached hydrogen (secondary N) is 3. The summed E-state index contributed by atoms with van der Waals surface area (Å²) in [6.07, 6.45) is 1.44. The Bertz CT molecular complexity index is 899. The van der Waals surface area contributed by atoms with E-state index in [-0.39, 0.29) is 23.6 Å². The van der Waals surface area contributed by atoms with Gasteiger partial charge < -0.3 is 25.6 Å². The van der Waals surface area contributed by atoms with Crippen molar-refractivity contribution in [3.05, 3.63) is 24.3 Å². The van der Waals surface area contributed by atoms with Crippen LogP contribution in [0.5, 0.6) is 0 Å². The van der Waals surface area contributed by atoms with Crippen molar-refractivity contribution in [3.8, 4) is 6.07 Å². The Hall–Kier alpha value is -2.77. The summed E-state index contributed by atoms with van der Waals surface area (Å²) in [7, 11) is 0. The predicted octanol–water partition coefficient (Wildman–Crippen LogP) is 2.03. The molecule has 9 nitrogen and oxygen atoms in total.